The molecule has 0 spiro atoms. The molecular formula is C18H19N3O. The van der Waals surface area contributed by atoms with Gasteiger partial charge in [0.1, 0.15) is 0 Å². The Morgan fingerprint density at radius 3 is 2.86 bits per heavy atom. The Kier molecular flexibility index (Phi) is 4.19. The molecule has 112 valence electrons. The molecule has 3 rings (SSSR count). The second-order valence-electron chi connectivity index (χ2n) is 5.53. The van der Waals surface area contributed by atoms with E-state index in [0.29, 0.717) is 5.56 Å². The molecule has 2 aromatic carbocycles. The largest absolute Gasteiger partial charge is 0.350 e. The molecule has 4 heteroatoms. The van der Waals surface area contributed by atoms with Gasteiger partial charge in [0.05, 0.1) is 17.4 Å². The van der Waals surface area contributed by atoms with Gasteiger partial charge in [0.25, 0.3) is 5.91 Å². The number of imidazole rings is 1. The molecule has 2 N–H and O–H groups in total. The van der Waals surface area contributed by atoms with Crippen molar-refractivity contribution in [3.8, 4) is 0 Å². The van der Waals surface area contributed by atoms with Gasteiger partial charge in [-0.15, -0.1) is 0 Å². The van der Waals surface area contributed by atoms with Crippen molar-refractivity contribution in [2.45, 2.75) is 25.8 Å². The Bertz CT molecular complexity index is 764. The maximum atomic E-state index is 12.3. The number of fused-ring (bicyclic) bond motifs is 1. The third kappa shape index (κ3) is 3.34. The minimum absolute atomic E-state index is 0.0444. The SMILES string of the molecule is C[C@H](CCc1ccccc1)NC(=O)c1ccc2nc[nH]c2c1. The number of aryl methyl sites for hydroxylation is 1. The van der Waals surface area contributed by atoms with Crippen LogP contribution in [-0.4, -0.2) is 21.9 Å². The number of hydrogen-bond acceptors (Lipinski definition) is 2. The van der Waals surface area contributed by atoms with Crippen LogP contribution in [0.25, 0.3) is 11.0 Å². The van der Waals surface area contributed by atoms with Gasteiger partial charge in [-0.3, -0.25) is 4.79 Å². The van der Waals surface area contributed by atoms with Gasteiger partial charge in [0, 0.05) is 11.6 Å². The van der Waals surface area contributed by atoms with Crippen molar-refractivity contribution >= 4 is 16.9 Å². The van der Waals surface area contributed by atoms with E-state index >= 15 is 0 Å². The highest BCUT2D eigenvalue weighted by Gasteiger charge is 2.11. The van der Waals surface area contributed by atoms with Crippen molar-refractivity contribution in [1.29, 1.82) is 0 Å². The molecule has 0 unspecified atom stereocenters. The first-order valence-electron chi connectivity index (χ1n) is 7.50. The lowest BCUT2D eigenvalue weighted by Crippen LogP contribution is -2.32. The quantitative estimate of drug-likeness (QED) is 0.758. The molecule has 1 heterocycles. The summed E-state index contributed by atoms with van der Waals surface area (Å²) in [6, 6.07) is 15.9. The van der Waals surface area contributed by atoms with Crippen LogP contribution in [0.3, 0.4) is 0 Å². The number of nitrogens with one attached hydrogen (secondary N) is 2. The van der Waals surface area contributed by atoms with Crippen LogP contribution >= 0.6 is 0 Å². The van der Waals surface area contributed by atoms with Gasteiger partial charge in [0.2, 0.25) is 0 Å². The second kappa shape index (κ2) is 6.43. The third-order valence-corrected chi connectivity index (χ3v) is 3.77. The number of aromatic nitrogens is 2. The average molecular weight is 293 g/mol. The van der Waals surface area contributed by atoms with Crippen LogP contribution in [0.5, 0.6) is 0 Å². The number of hydrogen-bond donors (Lipinski definition) is 2. The summed E-state index contributed by atoms with van der Waals surface area (Å²) < 4.78 is 0. The number of amides is 1. The molecule has 0 aliphatic heterocycles. The molecule has 4 nitrogen and oxygen atoms in total. The molecule has 0 radical (unpaired) electrons. The number of carbonyl (C=O) groups excluding carboxylic acids is 1. The highest BCUT2D eigenvalue weighted by molar-refractivity contribution is 5.97. The number of rotatable bonds is 5. The van der Waals surface area contributed by atoms with Crippen molar-refractivity contribution in [2.24, 2.45) is 0 Å². The molecular weight excluding hydrogens is 274 g/mol. The van der Waals surface area contributed by atoms with E-state index in [1.807, 2.05) is 43.3 Å². The van der Waals surface area contributed by atoms with Crippen molar-refractivity contribution in [2.75, 3.05) is 0 Å². The molecule has 22 heavy (non-hydrogen) atoms. The fourth-order valence-corrected chi connectivity index (χ4v) is 2.48. The average Bonchev–Trinajstić information content (AvgIpc) is 3.01. The Morgan fingerprint density at radius 2 is 2.05 bits per heavy atom. The number of H-pyrrole nitrogens is 1. The van der Waals surface area contributed by atoms with Gasteiger partial charge in [-0.05, 0) is 43.5 Å². The van der Waals surface area contributed by atoms with E-state index in [-0.39, 0.29) is 11.9 Å². The Hall–Kier alpha value is -2.62. The fraction of sp³-hybridized carbons (Fsp3) is 0.222. The summed E-state index contributed by atoms with van der Waals surface area (Å²) in [4.78, 5) is 19.5. The molecule has 0 saturated carbocycles. The lowest BCUT2D eigenvalue weighted by molar-refractivity contribution is 0.0938. The van der Waals surface area contributed by atoms with Gasteiger partial charge in [-0.2, -0.15) is 0 Å². The highest BCUT2D eigenvalue weighted by atomic mass is 16.1. The van der Waals surface area contributed by atoms with Crippen molar-refractivity contribution in [1.82, 2.24) is 15.3 Å². The van der Waals surface area contributed by atoms with Crippen LogP contribution in [0, 0.1) is 0 Å². The summed E-state index contributed by atoms with van der Waals surface area (Å²) in [5, 5.41) is 3.05. The van der Waals surface area contributed by atoms with E-state index in [1.54, 1.807) is 6.33 Å². The lowest BCUT2D eigenvalue weighted by Gasteiger charge is -2.14. The smallest absolute Gasteiger partial charge is 0.251 e. The van der Waals surface area contributed by atoms with E-state index in [1.165, 1.54) is 5.56 Å². The molecule has 0 aliphatic carbocycles. The predicted octanol–water partition coefficient (Wildman–Crippen LogP) is 3.31. The van der Waals surface area contributed by atoms with Crippen molar-refractivity contribution < 1.29 is 4.79 Å². The molecule has 0 bridgehead atoms. The molecule has 1 atom stereocenters. The van der Waals surface area contributed by atoms with E-state index in [2.05, 4.69) is 27.4 Å². The van der Waals surface area contributed by atoms with Gasteiger partial charge < -0.3 is 10.3 Å². The Morgan fingerprint density at radius 1 is 1.23 bits per heavy atom. The van der Waals surface area contributed by atoms with Gasteiger partial charge in [0.15, 0.2) is 0 Å². The minimum Gasteiger partial charge on any atom is -0.350 e. The van der Waals surface area contributed by atoms with E-state index in [0.717, 1.165) is 23.9 Å². The zero-order valence-electron chi connectivity index (χ0n) is 12.5. The summed E-state index contributed by atoms with van der Waals surface area (Å²) in [7, 11) is 0. The Labute approximate surface area is 129 Å². The first kappa shape index (κ1) is 14.3. The van der Waals surface area contributed by atoms with Gasteiger partial charge in [-0.25, -0.2) is 4.98 Å². The van der Waals surface area contributed by atoms with Gasteiger partial charge >= 0.3 is 0 Å². The molecule has 1 aromatic heterocycles. The summed E-state index contributed by atoms with van der Waals surface area (Å²) in [5.74, 6) is -0.0444. The Balaban J connectivity index is 1.58. The summed E-state index contributed by atoms with van der Waals surface area (Å²) in [6.45, 7) is 2.04. The zero-order valence-corrected chi connectivity index (χ0v) is 12.5. The van der Waals surface area contributed by atoms with Crippen molar-refractivity contribution in [3.63, 3.8) is 0 Å². The highest BCUT2D eigenvalue weighted by Crippen LogP contribution is 2.12. The van der Waals surface area contributed by atoms with Crippen LogP contribution in [0.4, 0.5) is 0 Å². The summed E-state index contributed by atoms with van der Waals surface area (Å²) in [5.41, 5.74) is 3.70. The van der Waals surface area contributed by atoms with Crippen LogP contribution in [-0.2, 0) is 6.42 Å². The summed E-state index contributed by atoms with van der Waals surface area (Å²) >= 11 is 0. The molecule has 0 aliphatic rings. The first-order chi connectivity index (χ1) is 10.7. The van der Waals surface area contributed by atoms with E-state index in [4.69, 9.17) is 0 Å². The van der Waals surface area contributed by atoms with Gasteiger partial charge in [-0.1, -0.05) is 30.3 Å². The maximum Gasteiger partial charge on any atom is 0.251 e. The first-order valence-corrected chi connectivity index (χ1v) is 7.50. The maximum absolute atomic E-state index is 12.3. The second-order valence-corrected chi connectivity index (χ2v) is 5.53. The lowest BCUT2D eigenvalue weighted by atomic mass is 10.1. The fourth-order valence-electron chi connectivity index (χ4n) is 2.48. The third-order valence-electron chi connectivity index (χ3n) is 3.77. The normalized spacial score (nSPS) is 12.2. The molecule has 3 aromatic rings. The standard InChI is InChI=1S/C18H19N3O/c1-13(7-8-14-5-3-2-4-6-14)21-18(22)15-9-10-16-17(11-15)20-12-19-16/h2-6,9-13H,7-8H2,1H3,(H,19,20)(H,21,22)/t13-/m1/s1. The van der Waals surface area contributed by atoms with Crippen LogP contribution < -0.4 is 5.32 Å². The molecule has 0 fully saturated rings. The minimum atomic E-state index is -0.0444. The van der Waals surface area contributed by atoms with Crippen LogP contribution in [0.1, 0.15) is 29.3 Å². The summed E-state index contributed by atoms with van der Waals surface area (Å²) in [6.07, 6.45) is 3.51. The zero-order chi connectivity index (χ0) is 15.4. The van der Waals surface area contributed by atoms with Crippen LogP contribution in [0.15, 0.2) is 54.9 Å². The number of nitrogens with zero attached hydrogens (tertiary/aromatic N) is 1. The number of aromatic amines is 1. The monoisotopic (exact) mass is 293 g/mol. The van der Waals surface area contributed by atoms with E-state index < -0.39 is 0 Å². The topological polar surface area (TPSA) is 57.8 Å². The van der Waals surface area contributed by atoms with Crippen molar-refractivity contribution in [3.05, 3.63) is 66.0 Å². The number of carbonyl (C=O) groups is 1. The number of benzene rings is 2. The molecule has 0 saturated heterocycles. The predicted molar refractivity (Wildman–Crippen MR) is 87.8 cm³/mol. The molecule has 1 amide bonds. The van der Waals surface area contributed by atoms with Crippen LogP contribution in [0.2, 0.25) is 0 Å². The van der Waals surface area contributed by atoms with E-state index in [9.17, 15) is 4.79 Å².